The molecule has 1 N–H and O–H groups in total. The monoisotopic (exact) mass is 282 g/mol. The summed E-state index contributed by atoms with van der Waals surface area (Å²) in [5, 5.41) is 12.2. The van der Waals surface area contributed by atoms with Gasteiger partial charge in [0.25, 0.3) is 0 Å². The second-order valence-corrected chi connectivity index (χ2v) is 5.05. The first-order chi connectivity index (χ1) is 8.20. The summed E-state index contributed by atoms with van der Waals surface area (Å²) in [5.74, 6) is -1.63. The molecule has 0 spiro atoms. The lowest BCUT2D eigenvalue weighted by Gasteiger charge is -2.22. The number of carboxylic acid groups (broad SMARTS) is 1. The van der Waals surface area contributed by atoms with Crippen molar-refractivity contribution >= 4 is 17.7 Å². The summed E-state index contributed by atoms with van der Waals surface area (Å²) < 4.78 is 39.4. The topological polar surface area (TPSA) is 55.1 Å². The van der Waals surface area contributed by atoms with Crippen LogP contribution in [-0.2, 0) is 6.18 Å². The number of aromatic carboxylic acids is 1. The van der Waals surface area contributed by atoms with Crippen molar-refractivity contribution in [2.45, 2.75) is 31.3 Å². The Hall–Kier alpha value is -1.18. The molecule has 4 nitrogen and oxygen atoms in total. The summed E-state index contributed by atoms with van der Waals surface area (Å²) >= 11 is 1.39. The smallest absolute Gasteiger partial charge is 0.433 e. The molecule has 0 aliphatic carbocycles. The van der Waals surface area contributed by atoms with Crippen LogP contribution < -0.4 is 0 Å². The molecule has 1 rings (SSSR count). The minimum atomic E-state index is -4.74. The van der Waals surface area contributed by atoms with E-state index in [1.807, 2.05) is 0 Å². The average Bonchev–Trinajstić information content (AvgIpc) is 2.71. The fraction of sp³-hybridized carbons (Fsp3) is 0.600. The highest BCUT2D eigenvalue weighted by Gasteiger charge is 2.41. The van der Waals surface area contributed by atoms with Crippen LogP contribution in [0, 0.1) is 0 Å². The Morgan fingerprint density at radius 2 is 2.06 bits per heavy atom. The lowest BCUT2D eigenvalue weighted by atomic mass is 10.2. The third-order valence-corrected chi connectivity index (χ3v) is 3.87. The van der Waals surface area contributed by atoms with Crippen LogP contribution in [0.15, 0.2) is 6.20 Å². The number of hydrogen-bond donors (Lipinski definition) is 1. The maximum Gasteiger partial charge on any atom is 0.433 e. The third-order valence-electron chi connectivity index (χ3n) is 2.73. The molecule has 0 saturated carbocycles. The van der Waals surface area contributed by atoms with E-state index in [-0.39, 0.29) is 5.25 Å². The molecule has 0 radical (unpaired) electrons. The zero-order valence-corrected chi connectivity index (χ0v) is 10.8. The Bertz CT molecular complexity index is 445. The van der Waals surface area contributed by atoms with E-state index in [2.05, 4.69) is 5.10 Å². The van der Waals surface area contributed by atoms with E-state index in [0.717, 1.165) is 10.9 Å². The van der Waals surface area contributed by atoms with E-state index in [1.54, 1.807) is 20.1 Å². The van der Waals surface area contributed by atoms with Gasteiger partial charge in [-0.05, 0) is 13.2 Å². The first kappa shape index (κ1) is 14.9. The normalized spacial score (nSPS) is 15.4. The fourth-order valence-electron chi connectivity index (χ4n) is 1.51. The van der Waals surface area contributed by atoms with Crippen LogP contribution in [0.1, 0.15) is 35.9 Å². The molecule has 1 aromatic rings. The first-order valence-electron chi connectivity index (χ1n) is 5.11. The molecular weight excluding hydrogens is 269 g/mol. The molecule has 0 aromatic carbocycles. The van der Waals surface area contributed by atoms with Gasteiger partial charge in [-0.25, -0.2) is 4.79 Å². The quantitative estimate of drug-likeness (QED) is 0.922. The maximum atomic E-state index is 12.9. The number of hydrogen-bond acceptors (Lipinski definition) is 3. The number of alkyl halides is 3. The molecule has 1 aromatic heterocycles. The molecule has 2 atom stereocenters. The van der Waals surface area contributed by atoms with Crippen LogP contribution in [0.2, 0.25) is 0 Å². The Morgan fingerprint density at radius 1 is 1.50 bits per heavy atom. The van der Waals surface area contributed by atoms with E-state index in [9.17, 15) is 18.0 Å². The number of nitrogens with zero attached hydrogens (tertiary/aromatic N) is 2. The molecule has 0 amide bonds. The standard InChI is InChI=1S/C10H13F3N2O2S/c1-5(6(2)18-3)15-8(10(11,12)13)7(4-14-15)9(16)17/h4-6H,1-3H3,(H,16,17). The van der Waals surface area contributed by atoms with Crippen molar-refractivity contribution in [3.63, 3.8) is 0 Å². The third kappa shape index (κ3) is 2.80. The van der Waals surface area contributed by atoms with Crippen molar-refractivity contribution in [3.8, 4) is 0 Å². The van der Waals surface area contributed by atoms with Crippen molar-refractivity contribution in [2.75, 3.05) is 6.26 Å². The van der Waals surface area contributed by atoms with Crippen molar-refractivity contribution in [1.82, 2.24) is 9.78 Å². The number of aromatic nitrogens is 2. The molecule has 0 fully saturated rings. The summed E-state index contributed by atoms with van der Waals surface area (Å²) in [7, 11) is 0. The summed E-state index contributed by atoms with van der Waals surface area (Å²) in [6, 6.07) is -0.551. The van der Waals surface area contributed by atoms with E-state index in [4.69, 9.17) is 5.11 Å². The van der Waals surface area contributed by atoms with Crippen LogP contribution in [0.4, 0.5) is 13.2 Å². The van der Waals surface area contributed by atoms with E-state index in [0.29, 0.717) is 0 Å². The Kier molecular flexibility index (Phi) is 4.31. The predicted octanol–water partition coefficient (Wildman–Crippen LogP) is 2.91. The Balaban J connectivity index is 3.34. The summed E-state index contributed by atoms with van der Waals surface area (Å²) in [6.07, 6.45) is -2.22. The minimum Gasteiger partial charge on any atom is -0.478 e. The zero-order chi connectivity index (χ0) is 14.1. The van der Waals surface area contributed by atoms with Gasteiger partial charge >= 0.3 is 12.1 Å². The van der Waals surface area contributed by atoms with Gasteiger partial charge in [0.15, 0.2) is 5.69 Å². The van der Waals surface area contributed by atoms with Crippen molar-refractivity contribution in [1.29, 1.82) is 0 Å². The molecule has 0 bridgehead atoms. The van der Waals surface area contributed by atoms with Crippen LogP contribution in [0.3, 0.4) is 0 Å². The Morgan fingerprint density at radius 3 is 2.44 bits per heavy atom. The van der Waals surface area contributed by atoms with Crippen LogP contribution >= 0.6 is 11.8 Å². The lowest BCUT2D eigenvalue weighted by Crippen LogP contribution is -2.24. The molecule has 8 heteroatoms. The highest BCUT2D eigenvalue weighted by molar-refractivity contribution is 7.99. The SMILES string of the molecule is CSC(C)C(C)n1ncc(C(=O)O)c1C(F)(F)F. The average molecular weight is 282 g/mol. The molecule has 0 aliphatic rings. The fourth-order valence-corrected chi connectivity index (χ4v) is 2.02. The number of carbonyl (C=O) groups is 1. The second-order valence-electron chi connectivity index (χ2n) is 3.84. The van der Waals surface area contributed by atoms with Gasteiger partial charge in [-0.1, -0.05) is 6.92 Å². The zero-order valence-electron chi connectivity index (χ0n) is 10.0. The molecule has 0 aliphatic heterocycles. The summed E-state index contributed by atoms with van der Waals surface area (Å²) in [4.78, 5) is 10.8. The van der Waals surface area contributed by atoms with Crippen LogP contribution in [0.25, 0.3) is 0 Å². The van der Waals surface area contributed by atoms with Crippen LogP contribution in [0.5, 0.6) is 0 Å². The molecule has 102 valence electrons. The number of halogens is 3. The highest BCUT2D eigenvalue weighted by atomic mass is 32.2. The first-order valence-corrected chi connectivity index (χ1v) is 6.39. The molecule has 1 heterocycles. The van der Waals surface area contributed by atoms with Crippen molar-refractivity contribution in [2.24, 2.45) is 0 Å². The molecular formula is C10H13F3N2O2S. The summed E-state index contributed by atoms with van der Waals surface area (Å²) in [6.45, 7) is 3.34. The largest absolute Gasteiger partial charge is 0.478 e. The van der Waals surface area contributed by atoms with Gasteiger partial charge in [-0.3, -0.25) is 4.68 Å². The van der Waals surface area contributed by atoms with Gasteiger partial charge in [0.05, 0.1) is 12.2 Å². The highest BCUT2D eigenvalue weighted by Crippen LogP contribution is 2.35. The molecule has 18 heavy (non-hydrogen) atoms. The molecule has 0 saturated heterocycles. The van der Waals surface area contributed by atoms with Gasteiger partial charge in [0.2, 0.25) is 0 Å². The summed E-state index contributed by atoms with van der Waals surface area (Å²) in [5.41, 5.74) is -2.02. The van der Waals surface area contributed by atoms with E-state index in [1.165, 1.54) is 11.8 Å². The van der Waals surface area contributed by atoms with Gasteiger partial charge in [0, 0.05) is 5.25 Å². The number of thioether (sulfide) groups is 1. The minimum absolute atomic E-state index is 0.118. The van der Waals surface area contributed by atoms with Gasteiger partial charge in [-0.2, -0.15) is 30.0 Å². The number of carboxylic acids is 1. The van der Waals surface area contributed by atoms with E-state index >= 15 is 0 Å². The van der Waals surface area contributed by atoms with Crippen molar-refractivity contribution in [3.05, 3.63) is 17.5 Å². The van der Waals surface area contributed by atoms with Crippen molar-refractivity contribution < 1.29 is 23.1 Å². The second kappa shape index (κ2) is 5.21. The van der Waals surface area contributed by atoms with E-state index < -0.39 is 29.4 Å². The molecule has 2 unspecified atom stereocenters. The van der Waals surface area contributed by atoms with Gasteiger partial charge < -0.3 is 5.11 Å². The lowest BCUT2D eigenvalue weighted by molar-refractivity contribution is -0.145. The van der Waals surface area contributed by atoms with Crippen LogP contribution in [-0.4, -0.2) is 32.4 Å². The van der Waals surface area contributed by atoms with Gasteiger partial charge in [-0.15, -0.1) is 0 Å². The Labute approximate surface area is 106 Å². The number of rotatable bonds is 4. The van der Waals surface area contributed by atoms with Gasteiger partial charge in [0.1, 0.15) is 5.56 Å². The predicted molar refractivity (Wildman–Crippen MR) is 61.9 cm³/mol. The maximum absolute atomic E-state index is 12.9.